The second kappa shape index (κ2) is 8.26. The Labute approximate surface area is 191 Å². The molecule has 1 aliphatic heterocycles. The molecule has 1 aliphatic rings. The van der Waals surface area contributed by atoms with Crippen molar-refractivity contribution >= 4 is 33.6 Å². The summed E-state index contributed by atoms with van der Waals surface area (Å²) in [4.78, 5) is 32.8. The molecule has 2 heterocycles. The Kier molecular flexibility index (Phi) is 5.26. The molecule has 3 N–H and O–H groups in total. The Bertz CT molecular complexity index is 1370. The highest BCUT2D eigenvalue weighted by atomic mass is 16.5. The average Bonchev–Trinajstić information content (AvgIpc) is 3.22. The fraction of sp³-hybridized carbons (Fsp3) is 0.231. The van der Waals surface area contributed by atoms with Crippen molar-refractivity contribution in [1.82, 2.24) is 14.8 Å². The van der Waals surface area contributed by atoms with E-state index < -0.39 is 5.91 Å². The van der Waals surface area contributed by atoms with Crippen LogP contribution in [-0.4, -0.2) is 66.9 Å². The molecule has 4 aromatic rings. The second-order valence-corrected chi connectivity index (χ2v) is 8.48. The molecule has 7 nitrogen and oxygen atoms in total. The van der Waals surface area contributed by atoms with Gasteiger partial charge in [0, 0.05) is 48.0 Å². The third-order valence-electron chi connectivity index (χ3n) is 6.46. The first-order valence-electron chi connectivity index (χ1n) is 11.0. The lowest BCUT2D eigenvalue weighted by Gasteiger charge is -2.32. The van der Waals surface area contributed by atoms with E-state index in [4.69, 9.17) is 10.5 Å². The van der Waals surface area contributed by atoms with E-state index in [-0.39, 0.29) is 5.91 Å². The minimum atomic E-state index is -0.499. The number of hydrogen-bond donors (Lipinski definition) is 2. The molecule has 0 saturated carbocycles. The number of rotatable bonds is 4. The number of fused-ring (bicyclic) bond motifs is 3. The predicted octanol–water partition coefficient (Wildman–Crippen LogP) is 3.48. The predicted molar refractivity (Wildman–Crippen MR) is 130 cm³/mol. The fourth-order valence-corrected chi connectivity index (χ4v) is 4.55. The Morgan fingerprint density at radius 1 is 0.970 bits per heavy atom. The van der Waals surface area contributed by atoms with E-state index in [1.807, 2.05) is 53.4 Å². The zero-order valence-electron chi connectivity index (χ0n) is 18.7. The number of methoxy groups -OCH3 is 1. The first-order valence-corrected chi connectivity index (χ1v) is 11.0. The van der Waals surface area contributed by atoms with Gasteiger partial charge in [-0.05, 0) is 54.6 Å². The first-order chi connectivity index (χ1) is 16.0. The number of nitrogens with one attached hydrogen (secondary N) is 1. The molecule has 33 heavy (non-hydrogen) atoms. The molecule has 1 saturated heterocycles. The van der Waals surface area contributed by atoms with Gasteiger partial charge in [0.2, 0.25) is 0 Å². The summed E-state index contributed by atoms with van der Waals surface area (Å²) in [5, 5.41) is 1.76. The Hall–Kier alpha value is -3.84. The summed E-state index contributed by atoms with van der Waals surface area (Å²) in [6.07, 6.45) is 0. The van der Waals surface area contributed by atoms with Gasteiger partial charge in [0.1, 0.15) is 5.75 Å². The monoisotopic (exact) mass is 442 g/mol. The number of hydrogen-bond acceptors (Lipinski definition) is 4. The van der Waals surface area contributed by atoms with Crippen LogP contribution in [-0.2, 0) is 0 Å². The Morgan fingerprint density at radius 3 is 2.36 bits per heavy atom. The van der Waals surface area contributed by atoms with Crippen LogP contribution in [0.2, 0.25) is 0 Å². The number of ether oxygens (including phenoxy) is 1. The molecule has 0 radical (unpaired) electrons. The number of amides is 2. The van der Waals surface area contributed by atoms with Gasteiger partial charge in [0.15, 0.2) is 0 Å². The topological polar surface area (TPSA) is 91.7 Å². The van der Waals surface area contributed by atoms with Gasteiger partial charge >= 0.3 is 0 Å². The van der Waals surface area contributed by atoms with E-state index >= 15 is 0 Å². The van der Waals surface area contributed by atoms with E-state index in [0.29, 0.717) is 29.7 Å². The highest BCUT2D eigenvalue weighted by Crippen LogP contribution is 2.37. The van der Waals surface area contributed by atoms with Gasteiger partial charge < -0.3 is 25.3 Å². The van der Waals surface area contributed by atoms with Crippen molar-refractivity contribution in [3.05, 3.63) is 65.7 Å². The standard InChI is InChI=1S/C26H26N4O3/c1-29-11-13-30(14-12-29)26(32)17-5-10-22-21(15-17)23-19(16-3-6-18(33-2)7-4-16)8-9-20(25(27)31)24(23)28-22/h3-10,15,28H,11-14H2,1-2H3,(H2,27,31). The van der Waals surface area contributed by atoms with Crippen LogP contribution in [0.3, 0.4) is 0 Å². The summed E-state index contributed by atoms with van der Waals surface area (Å²) in [7, 11) is 3.70. The van der Waals surface area contributed by atoms with Crippen LogP contribution in [0.4, 0.5) is 0 Å². The van der Waals surface area contributed by atoms with Crippen LogP contribution in [0.15, 0.2) is 54.6 Å². The molecule has 1 aromatic heterocycles. The van der Waals surface area contributed by atoms with Crippen molar-refractivity contribution in [2.24, 2.45) is 5.73 Å². The number of aromatic amines is 1. The van der Waals surface area contributed by atoms with Gasteiger partial charge in [0.25, 0.3) is 11.8 Å². The summed E-state index contributed by atoms with van der Waals surface area (Å²) in [5.41, 5.74) is 10.2. The molecule has 0 spiro atoms. The van der Waals surface area contributed by atoms with Gasteiger partial charge in [-0.15, -0.1) is 0 Å². The number of carbonyl (C=O) groups excluding carboxylic acids is 2. The molecule has 168 valence electrons. The second-order valence-electron chi connectivity index (χ2n) is 8.48. The lowest BCUT2D eigenvalue weighted by Crippen LogP contribution is -2.47. The lowest BCUT2D eigenvalue weighted by molar-refractivity contribution is 0.0664. The number of nitrogens with two attached hydrogens (primary N) is 1. The van der Waals surface area contributed by atoms with Crippen LogP contribution < -0.4 is 10.5 Å². The largest absolute Gasteiger partial charge is 0.497 e. The summed E-state index contributed by atoms with van der Waals surface area (Å²) < 4.78 is 5.29. The van der Waals surface area contributed by atoms with Gasteiger partial charge in [0.05, 0.1) is 18.2 Å². The van der Waals surface area contributed by atoms with Crippen molar-refractivity contribution in [3.8, 4) is 16.9 Å². The summed E-state index contributed by atoms with van der Waals surface area (Å²) in [5.74, 6) is 0.292. The molecule has 0 unspecified atom stereocenters. The molecule has 7 heteroatoms. The molecule has 0 aliphatic carbocycles. The number of likely N-dealkylation sites (N-methyl/N-ethyl adjacent to an activating group) is 1. The van der Waals surface area contributed by atoms with Crippen LogP contribution >= 0.6 is 0 Å². The molecular weight excluding hydrogens is 416 g/mol. The first kappa shape index (κ1) is 21.0. The van der Waals surface area contributed by atoms with Crippen LogP contribution in [0.25, 0.3) is 32.9 Å². The Balaban J connectivity index is 1.68. The van der Waals surface area contributed by atoms with Crippen molar-refractivity contribution in [2.75, 3.05) is 40.3 Å². The molecule has 2 amide bonds. The van der Waals surface area contributed by atoms with Crippen LogP contribution in [0.1, 0.15) is 20.7 Å². The van der Waals surface area contributed by atoms with E-state index in [1.54, 1.807) is 13.2 Å². The molecule has 3 aromatic carbocycles. The molecule has 0 bridgehead atoms. The van der Waals surface area contributed by atoms with Gasteiger partial charge in [-0.1, -0.05) is 18.2 Å². The van der Waals surface area contributed by atoms with Gasteiger partial charge in [-0.25, -0.2) is 0 Å². The number of carbonyl (C=O) groups is 2. The minimum Gasteiger partial charge on any atom is -0.497 e. The third-order valence-corrected chi connectivity index (χ3v) is 6.46. The van der Waals surface area contributed by atoms with Gasteiger partial charge in [-0.3, -0.25) is 9.59 Å². The maximum absolute atomic E-state index is 13.2. The van der Waals surface area contributed by atoms with Crippen LogP contribution in [0.5, 0.6) is 5.75 Å². The average molecular weight is 443 g/mol. The van der Waals surface area contributed by atoms with E-state index in [9.17, 15) is 9.59 Å². The van der Waals surface area contributed by atoms with Gasteiger partial charge in [-0.2, -0.15) is 0 Å². The summed E-state index contributed by atoms with van der Waals surface area (Å²) in [6, 6.07) is 17.1. The van der Waals surface area contributed by atoms with Crippen molar-refractivity contribution in [3.63, 3.8) is 0 Å². The van der Waals surface area contributed by atoms with Crippen LogP contribution in [0, 0.1) is 0 Å². The van der Waals surface area contributed by atoms with Crippen molar-refractivity contribution in [1.29, 1.82) is 0 Å². The number of aromatic nitrogens is 1. The van der Waals surface area contributed by atoms with Crippen molar-refractivity contribution < 1.29 is 14.3 Å². The summed E-state index contributed by atoms with van der Waals surface area (Å²) in [6.45, 7) is 3.16. The number of H-pyrrole nitrogens is 1. The Morgan fingerprint density at radius 2 is 1.70 bits per heavy atom. The minimum absolute atomic E-state index is 0.0244. The zero-order valence-corrected chi connectivity index (χ0v) is 18.7. The fourth-order valence-electron chi connectivity index (χ4n) is 4.55. The molecule has 5 rings (SSSR count). The molecule has 0 atom stereocenters. The summed E-state index contributed by atoms with van der Waals surface area (Å²) >= 11 is 0. The molecule has 1 fully saturated rings. The maximum Gasteiger partial charge on any atom is 0.253 e. The third kappa shape index (κ3) is 3.70. The van der Waals surface area contributed by atoms with Crippen molar-refractivity contribution in [2.45, 2.75) is 0 Å². The number of nitrogens with zero attached hydrogens (tertiary/aromatic N) is 2. The maximum atomic E-state index is 13.2. The van der Waals surface area contributed by atoms with E-state index in [2.05, 4.69) is 16.9 Å². The number of primary amides is 1. The molecular formula is C26H26N4O3. The van der Waals surface area contributed by atoms with E-state index in [1.165, 1.54) is 0 Å². The quantitative estimate of drug-likeness (QED) is 0.506. The normalized spacial score (nSPS) is 14.7. The number of benzene rings is 3. The highest BCUT2D eigenvalue weighted by molar-refractivity contribution is 6.20. The zero-order chi connectivity index (χ0) is 23.1. The van der Waals surface area contributed by atoms with E-state index in [0.717, 1.165) is 46.3 Å². The highest BCUT2D eigenvalue weighted by Gasteiger charge is 2.22. The lowest BCUT2D eigenvalue weighted by atomic mass is 9.96. The number of piperazine rings is 1. The smallest absolute Gasteiger partial charge is 0.253 e. The SMILES string of the molecule is COc1ccc(-c2ccc(C(N)=O)c3[nH]c4ccc(C(=O)N5CCN(C)CC5)cc4c23)cc1.